The van der Waals surface area contributed by atoms with Gasteiger partial charge in [0.15, 0.2) is 6.29 Å². The van der Waals surface area contributed by atoms with E-state index in [9.17, 15) is 18.0 Å². The van der Waals surface area contributed by atoms with Gasteiger partial charge in [0, 0.05) is 6.20 Å². The molecule has 0 amide bonds. The molecular weight excluding hydrogens is 173 g/mol. The van der Waals surface area contributed by atoms with Crippen LogP contribution in [0.5, 0.6) is 0 Å². The Morgan fingerprint density at radius 3 is 2.67 bits per heavy atom. The number of halogens is 3. The molecule has 3 nitrogen and oxygen atoms in total. The molecule has 0 bridgehead atoms. The van der Waals surface area contributed by atoms with Gasteiger partial charge >= 0.3 is 0 Å². The maximum Gasteiger partial charge on any atom is 0.289 e. The minimum Gasteiger partial charge on any atom is -0.296 e. The van der Waals surface area contributed by atoms with E-state index in [2.05, 4.69) is 5.10 Å². The molecule has 0 saturated carbocycles. The van der Waals surface area contributed by atoms with E-state index in [-0.39, 0.29) is 12.0 Å². The molecule has 12 heavy (non-hydrogen) atoms. The Kier molecular flexibility index (Phi) is 2.47. The van der Waals surface area contributed by atoms with Gasteiger partial charge in [-0.3, -0.25) is 4.79 Å². The molecule has 1 atom stereocenters. The Balaban J connectivity index is 2.93. The molecule has 66 valence electrons. The predicted molar refractivity (Wildman–Crippen MR) is 33.8 cm³/mol. The molecule has 0 saturated heterocycles. The normalized spacial score (nSPS) is 13.3. The average Bonchev–Trinajstić information content (AvgIpc) is 2.49. The minimum absolute atomic E-state index is 0.206. The Morgan fingerprint density at radius 2 is 2.17 bits per heavy atom. The second kappa shape index (κ2) is 3.38. The van der Waals surface area contributed by atoms with E-state index >= 15 is 0 Å². The molecule has 0 N–H and O–H groups in total. The number of hydrogen-bond acceptors (Lipinski definition) is 2. The molecule has 1 aromatic rings. The van der Waals surface area contributed by atoms with Gasteiger partial charge in [0.05, 0.1) is 0 Å². The second-order valence-electron chi connectivity index (χ2n) is 2.03. The summed E-state index contributed by atoms with van der Waals surface area (Å²) in [6, 6.07) is 1.15. The van der Waals surface area contributed by atoms with Crippen molar-refractivity contribution in [3.05, 3.63) is 18.0 Å². The SMILES string of the molecule is O=Cc1ccnn1C(F)C(F)F. The lowest BCUT2D eigenvalue weighted by atomic mass is 10.4. The number of nitrogens with zero attached hydrogens (tertiary/aromatic N) is 2. The molecule has 1 unspecified atom stereocenters. The molecule has 1 rings (SSSR count). The van der Waals surface area contributed by atoms with E-state index in [1.165, 1.54) is 0 Å². The number of hydrogen-bond donors (Lipinski definition) is 0. The Bertz CT molecular complexity index is 274. The number of aldehydes is 1. The summed E-state index contributed by atoms with van der Waals surface area (Å²) >= 11 is 0. The van der Waals surface area contributed by atoms with E-state index in [0.717, 1.165) is 12.3 Å². The third kappa shape index (κ3) is 1.46. The summed E-state index contributed by atoms with van der Waals surface area (Å²) in [7, 11) is 0. The highest BCUT2D eigenvalue weighted by molar-refractivity contribution is 5.71. The monoisotopic (exact) mass is 178 g/mol. The maximum atomic E-state index is 12.5. The summed E-state index contributed by atoms with van der Waals surface area (Å²) in [5, 5.41) is 3.24. The van der Waals surface area contributed by atoms with Crippen molar-refractivity contribution in [1.29, 1.82) is 0 Å². The molecule has 0 aromatic carbocycles. The topological polar surface area (TPSA) is 34.9 Å². The summed E-state index contributed by atoms with van der Waals surface area (Å²) < 4.78 is 36.4. The van der Waals surface area contributed by atoms with Crippen molar-refractivity contribution in [1.82, 2.24) is 9.78 Å². The highest BCUT2D eigenvalue weighted by Crippen LogP contribution is 2.17. The highest BCUT2D eigenvalue weighted by Gasteiger charge is 2.23. The Morgan fingerprint density at radius 1 is 1.50 bits per heavy atom. The van der Waals surface area contributed by atoms with Crippen LogP contribution < -0.4 is 0 Å². The van der Waals surface area contributed by atoms with Gasteiger partial charge in [-0.2, -0.15) is 5.10 Å². The van der Waals surface area contributed by atoms with Gasteiger partial charge in [-0.1, -0.05) is 0 Å². The largest absolute Gasteiger partial charge is 0.296 e. The van der Waals surface area contributed by atoms with Crippen molar-refractivity contribution in [2.24, 2.45) is 0 Å². The summed E-state index contributed by atoms with van der Waals surface area (Å²) in [6.07, 6.45) is -4.38. The minimum atomic E-state index is -3.18. The second-order valence-corrected chi connectivity index (χ2v) is 2.03. The van der Waals surface area contributed by atoms with Crippen LogP contribution >= 0.6 is 0 Å². The van der Waals surface area contributed by atoms with Crippen LogP contribution in [0.1, 0.15) is 16.8 Å². The third-order valence-corrected chi connectivity index (χ3v) is 1.26. The molecule has 6 heteroatoms. The summed E-state index contributed by atoms with van der Waals surface area (Å²) in [5.74, 6) is 0. The summed E-state index contributed by atoms with van der Waals surface area (Å²) in [6.45, 7) is 0. The highest BCUT2D eigenvalue weighted by atomic mass is 19.3. The van der Waals surface area contributed by atoms with E-state index < -0.39 is 12.7 Å². The summed E-state index contributed by atoms with van der Waals surface area (Å²) in [4.78, 5) is 10.1. The van der Waals surface area contributed by atoms with Gasteiger partial charge in [0.2, 0.25) is 0 Å². The van der Waals surface area contributed by atoms with Crippen LogP contribution in [-0.4, -0.2) is 22.5 Å². The zero-order chi connectivity index (χ0) is 9.14. The fraction of sp³-hybridized carbons (Fsp3) is 0.333. The predicted octanol–water partition coefficient (Wildman–Crippen LogP) is 1.43. The molecule has 0 aliphatic rings. The van der Waals surface area contributed by atoms with Crippen molar-refractivity contribution < 1.29 is 18.0 Å². The number of rotatable bonds is 3. The zero-order valence-corrected chi connectivity index (χ0v) is 5.82. The number of alkyl halides is 3. The van der Waals surface area contributed by atoms with Gasteiger partial charge < -0.3 is 0 Å². The molecule has 0 spiro atoms. The van der Waals surface area contributed by atoms with Crippen LogP contribution in [0.25, 0.3) is 0 Å². The van der Waals surface area contributed by atoms with Crippen molar-refractivity contribution >= 4 is 6.29 Å². The lowest BCUT2D eigenvalue weighted by Crippen LogP contribution is -2.15. The zero-order valence-electron chi connectivity index (χ0n) is 5.82. The van der Waals surface area contributed by atoms with Crippen molar-refractivity contribution in [2.75, 3.05) is 0 Å². The van der Waals surface area contributed by atoms with Gasteiger partial charge in [0.1, 0.15) is 5.69 Å². The van der Waals surface area contributed by atoms with Crippen LogP contribution in [-0.2, 0) is 0 Å². The maximum absolute atomic E-state index is 12.5. The van der Waals surface area contributed by atoms with Gasteiger partial charge in [-0.25, -0.2) is 17.9 Å². The molecule has 0 radical (unpaired) electrons. The molecule has 0 fully saturated rings. The number of aromatic nitrogens is 2. The first kappa shape index (κ1) is 8.76. The number of carbonyl (C=O) groups is 1. The third-order valence-electron chi connectivity index (χ3n) is 1.26. The van der Waals surface area contributed by atoms with Crippen molar-refractivity contribution in [3.8, 4) is 0 Å². The molecular formula is C6H5F3N2O. The quantitative estimate of drug-likeness (QED) is 0.656. The van der Waals surface area contributed by atoms with Gasteiger partial charge in [0.25, 0.3) is 12.7 Å². The number of carbonyl (C=O) groups excluding carboxylic acids is 1. The molecule has 1 heterocycles. The van der Waals surface area contributed by atoms with Crippen LogP contribution in [0.2, 0.25) is 0 Å². The Hall–Kier alpha value is -1.33. The smallest absolute Gasteiger partial charge is 0.289 e. The average molecular weight is 178 g/mol. The fourth-order valence-corrected chi connectivity index (χ4v) is 0.731. The molecule has 1 aromatic heterocycles. The van der Waals surface area contributed by atoms with E-state index in [1.54, 1.807) is 0 Å². The molecule has 0 aliphatic carbocycles. The van der Waals surface area contributed by atoms with E-state index in [4.69, 9.17) is 0 Å². The lowest BCUT2D eigenvalue weighted by molar-refractivity contribution is -0.000156. The van der Waals surface area contributed by atoms with Crippen molar-refractivity contribution in [2.45, 2.75) is 12.7 Å². The Labute approximate surface area is 65.8 Å². The van der Waals surface area contributed by atoms with E-state index in [0.29, 0.717) is 4.68 Å². The lowest BCUT2D eigenvalue weighted by Gasteiger charge is -2.07. The van der Waals surface area contributed by atoms with Gasteiger partial charge in [-0.05, 0) is 6.07 Å². The molecule has 0 aliphatic heterocycles. The fourth-order valence-electron chi connectivity index (χ4n) is 0.731. The van der Waals surface area contributed by atoms with Gasteiger partial charge in [-0.15, -0.1) is 0 Å². The van der Waals surface area contributed by atoms with E-state index in [1.807, 2.05) is 0 Å². The van der Waals surface area contributed by atoms with Crippen LogP contribution in [0.15, 0.2) is 12.3 Å². The first-order chi connectivity index (χ1) is 5.66. The first-order valence-electron chi connectivity index (χ1n) is 3.07. The van der Waals surface area contributed by atoms with Crippen LogP contribution in [0.4, 0.5) is 13.2 Å². The van der Waals surface area contributed by atoms with Crippen molar-refractivity contribution in [3.63, 3.8) is 0 Å². The van der Waals surface area contributed by atoms with Crippen LogP contribution in [0.3, 0.4) is 0 Å². The standard InChI is InChI=1S/C6H5F3N2O/c7-5(8)6(9)11-4(3-12)1-2-10-11/h1-3,5-6H. The van der Waals surface area contributed by atoms with Crippen LogP contribution in [0, 0.1) is 0 Å². The summed E-state index contributed by atoms with van der Waals surface area (Å²) in [5.41, 5.74) is -0.206. The first-order valence-corrected chi connectivity index (χ1v) is 3.07.